The Morgan fingerprint density at radius 1 is 0.979 bits per heavy atom. The average Bonchev–Trinajstić information content (AvgIpc) is 3.28. The number of hydrogen-bond acceptors (Lipinski definition) is 8. The molecule has 4 rings (SSSR count). The molecule has 2 heterocycles. The van der Waals surface area contributed by atoms with Crippen LogP contribution in [0.15, 0.2) is 84.0 Å². The summed E-state index contributed by atoms with van der Waals surface area (Å²) in [5.74, 6) is 0.379. The molecular formula is C36H44N4O7S. The van der Waals surface area contributed by atoms with Gasteiger partial charge in [-0.1, -0.05) is 50.3 Å². The molecule has 1 saturated heterocycles. The number of rotatable bonds is 14. The van der Waals surface area contributed by atoms with Gasteiger partial charge in [-0.25, -0.2) is 13.4 Å². The third-order valence-corrected chi connectivity index (χ3v) is 9.82. The lowest BCUT2D eigenvalue weighted by Gasteiger charge is -2.23. The summed E-state index contributed by atoms with van der Waals surface area (Å²) in [6, 6.07) is 18.2. The summed E-state index contributed by atoms with van der Waals surface area (Å²) >= 11 is 0. The van der Waals surface area contributed by atoms with Gasteiger partial charge in [0, 0.05) is 19.2 Å². The summed E-state index contributed by atoms with van der Waals surface area (Å²) in [6.45, 7) is 3.65. The smallest absolute Gasteiger partial charge is 0.260 e. The molecule has 2 atom stereocenters. The topological polar surface area (TPSA) is 144 Å². The molecule has 1 aromatic heterocycles. The van der Waals surface area contributed by atoms with Crippen molar-refractivity contribution in [1.82, 2.24) is 19.9 Å². The Labute approximate surface area is 282 Å². The van der Waals surface area contributed by atoms with E-state index in [1.54, 1.807) is 26.4 Å². The maximum absolute atomic E-state index is 13.4. The van der Waals surface area contributed by atoms with Crippen LogP contribution in [0, 0.1) is 5.92 Å². The first-order chi connectivity index (χ1) is 23.0. The number of amides is 2. The zero-order chi connectivity index (χ0) is 34.7. The molecule has 1 aliphatic rings. The predicted octanol–water partition coefficient (Wildman–Crippen LogP) is 4.38. The van der Waals surface area contributed by atoms with E-state index in [2.05, 4.69) is 15.6 Å². The number of pyridine rings is 1. The van der Waals surface area contributed by atoms with Crippen LogP contribution < -0.4 is 20.1 Å². The molecule has 0 spiro atoms. The Balaban J connectivity index is 1.41. The van der Waals surface area contributed by atoms with E-state index in [-0.39, 0.29) is 42.8 Å². The second-order valence-electron chi connectivity index (χ2n) is 12.0. The fourth-order valence-corrected chi connectivity index (χ4v) is 6.89. The van der Waals surface area contributed by atoms with Crippen LogP contribution in [-0.2, 0) is 24.4 Å². The minimum absolute atomic E-state index is 0.0848. The van der Waals surface area contributed by atoms with E-state index in [1.165, 1.54) is 12.3 Å². The Hall–Kier alpha value is -4.55. The van der Waals surface area contributed by atoms with E-state index in [9.17, 15) is 22.8 Å². The van der Waals surface area contributed by atoms with E-state index in [0.29, 0.717) is 19.3 Å². The van der Waals surface area contributed by atoms with Crippen LogP contribution in [0.3, 0.4) is 0 Å². The van der Waals surface area contributed by atoms with Crippen LogP contribution in [0.5, 0.6) is 11.5 Å². The van der Waals surface area contributed by atoms with Gasteiger partial charge in [0.2, 0.25) is 11.8 Å². The average molecular weight is 677 g/mol. The first kappa shape index (κ1) is 36.3. The number of benzene rings is 2. The molecule has 256 valence electrons. The number of aromatic nitrogens is 1. The summed E-state index contributed by atoms with van der Waals surface area (Å²) in [5.41, 5.74) is 2.85. The zero-order valence-corrected chi connectivity index (χ0v) is 28.7. The third kappa shape index (κ3) is 9.74. The van der Waals surface area contributed by atoms with Crippen LogP contribution in [-0.4, -0.2) is 74.7 Å². The van der Waals surface area contributed by atoms with Crippen LogP contribution in [0.2, 0.25) is 0 Å². The molecule has 2 amide bonds. The predicted molar refractivity (Wildman–Crippen MR) is 183 cm³/mol. The number of sulfonamides is 1. The summed E-state index contributed by atoms with van der Waals surface area (Å²) in [5, 5.41) is 5.53. The highest BCUT2D eigenvalue weighted by molar-refractivity contribution is 7.89. The van der Waals surface area contributed by atoms with Gasteiger partial charge in [-0.15, -0.1) is 0 Å². The molecule has 0 radical (unpaired) electrons. The van der Waals surface area contributed by atoms with Crippen molar-refractivity contribution in [3.05, 3.63) is 90.1 Å². The third-order valence-electron chi connectivity index (χ3n) is 8.06. The van der Waals surface area contributed by atoms with Crippen LogP contribution in [0.4, 0.5) is 0 Å². The number of allylic oxidation sites excluding steroid dienone is 1. The Morgan fingerprint density at radius 2 is 1.60 bits per heavy atom. The van der Waals surface area contributed by atoms with E-state index in [4.69, 9.17) is 9.47 Å². The van der Waals surface area contributed by atoms with Gasteiger partial charge in [0.15, 0.2) is 10.8 Å². The fraction of sp³-hybridized carbons (Fsp3) is 0.389. The highest BCUT2D eigenvalue weighted by Gasteiger charge is 2.34. The molecule has 0 saturated carbocycles. The SMILES string of the molecule is COc1ccc(C(=CCCC(=O)NC(CC(C)C)C(=O)N[C@H]2CCCN(S(=O)(=O)c3ccccn3)CC2=O)c2ccc(OC)cc2)cc1. The molecule has 11 nitrogen and oxygen atoms in total. The van der Waals surface area contributed by atoms with Crippen LogP contribution in [0.25, 0.3) is 5.57 Å². The number of methoxy groups -OCH3 is 2. The van der Waals surface area contributed by atoms with Gasteiger partial charge in [-0.3, -0.25) is 14.4 Å². The second-order valence-corrected chi connectivity index (χ2v) is 13.9. The maximum Gasteiger partial charge on any atom is 0.260 e. The number of carbonyl (C=O) groups is 3. The zero-order valence-electron chi connectivity index (χ0n) is 27.8. The molecule has 0 aliphatic carbocycles. The van der Waals surface area contributed by atoms with E-state index in [0.717, 1.165) is 32.5 Å². The second kappa shape index (κ2) is 17.0. The number of nitrogens with zero attached hydrogens (tertiary/aromatic N) is 2. The van der Waals surface area contributed by atoms with Gasteiger partial charge >= 0.3 is 0 Å². The number of nitrogens with one attached hydrogen (secondary N) is 2. The lowest BCUT2D eigenvalue weighted by atomic mass is 9.96. The van der Waals surface area contributed by atoms with Gasteiger partial charge in [-0.05, 0) is 84.7 Å². The number of ether oxygens (including phenoxy) is 2. The van der Waals surface area contributed by atoms with Crippen molar-refractivity contribution >= 4 is 33.2 Å². The molecule has 1 unspecified atom stereocenters. The van der Waals surface area contributed by atoms with Crippen molar-refractivity contribution in [2.24, 2.45) is 5.92 Å². The highest BCUT2D eigenvalue weighted by Crippen LogP contribution is 2.28. The van der Waals surface area contributed by atoms with E-state index in [1.807, 2.05) is 68.5 Å². The minimum Gasteiger partial charge on any atom is -0.497 e. The Kier molecular flexibility index (Phi) is 12.9. The minimum atomic E-state index is -3.96. The molecule has 48 heavy (non-hydrogen) atoms. The van der Waals surface area contributed by atoms with Crippen LogP contribution >= 0.6 is 0 Å². The number of hydrogen-bond donors (Lipinski definition) is 2. The highest BCUT2D eigenvalue weighted by atomic mass is 32.2. The van der Waals surface area contributed by atoms with E-state index < -0.39 is 33.8 Å². The molecule has 1 aliphatic heterocycles. The number of Topliss-reactive ketones (excluding diaryl/α,β-unsaturated/α-hetero) is 1. The summed E-state index contributed by atoms with van der Waals surface area (Å²) in [4.78, 5) is 43.7. The maximum atomic E-state index is 13.4. The van der Waals surface area contributed by atoms with Gasteiger partial charge in [-0.2, -0.15) is 4.31 Å². The quantitative estimate of drug-likeness (QED) is 0.256. The number of ketones is 1. The molecule has 12 heteroatoms. The van der Waals surface area contributed by atoms with Gasteiger partial charge < -0.3 is 20.1 Å². The van der Waals surface area contributed by atoms with Gasteiger partial charge in [0.05, 0.1) is 26.8 Å². The molecule has 2 aromatic carbocycles. The summed E-state index contributed by atoms with van der Waals surface area (Å²) in [6.07, 6.45) is 4.96. The lowest BCUT2D eigenvalue weighted by molar-refractivity contribution is -0.131. The van der Waals surface area contributed by atoms with Crippen molar-refractivity contribution in [2.75, 3.05) is 27.3 Å². The monoisotopic (exact) mass is 676 g/mol. The Bertz CT molecular complexity index is 1630. The normalized spacial score (nSPS) is 16.0. The molecule has 2 N–H and O–H groups in total. The van der Waals surface area contributed by atoms with Gasteiger partial charge in [0.1, 0.15) is 17.5 Å². The molecule has 0 bridgehead atoms. The fourth-order valence-electron chi connectivity index (χ4n) is 5.52. The standard InChI is InChI=1S/C36H44N4O7S/c1-25(2)23-32(36(43)39-31-10-8-22-40(24-33(31)41)48(44,45)35-12-5-6-21-37-35)38-34(42)11-7-9-30(26-13-17-28(46-3)18-14-26)27-15-19-29(47-4)20-16-27/h5-6,9,12-21,25,31-32H,7-8,10-11,22-24H2,1-4H3,(H,38,42)(H,39,43)/t31-,32?/m0/s1. The van der Waals surface area contributed by atoms with E-state index >= 15 is 0 Å². The van der Waals surface area contributed by atoms with Crippen molar-refractivity contribution in [3.8, 4) is 11.5 Å². The number of carbonyl (C=O) groups excluding carboxylic acids is 3. The Morgan fingerprint density at radius 3 is 2.15 bits per heavy atom. The lowest BCUT2D eigenvalue weighted by Crippen LogP contribution is -2.52. The largest absolute Gasteiger partial charge is 0.497 e. The molecule has 1 fully saturated rings. The van der Waals surface area contributed by atoms with Gasteiger partial charge in [0.25, 0.3) is 10.0 Å². The van der Waals surface area contributed by atoms with Crippen molar-refractivity contribution in [1.29, 1.82) is 0 Å². The van der Waals surface area contributed by atoms with Crippen molar-refractivity contribution < 1.29 is 32.3 Å². The molecular weight excluding hydrogens is 632 g/mol. The van der Waals surface area contributed by atoms with Crippen molar-refractivity contribution in [3.63, 3.8) is 0 Å². The first-order valence-corrected chi connectivity index (χ1v) is 17.5. The molecule has 3 aromatic rings. The van der Waals surface area contributed by atoms with Crippen molar-refractivity contribution in [2.45, 2.75) is 63.1 Å². The summed E-state index contributed by atoms with van der Waals surface area (Å²) < 4.78 is 37.9. The first-order valence-electron chi connectivity index (χ1n) is 16.0. The summed E-state index contributed by atoms with van der Waals surface area (Å²) in [7, 11) is -0.737. The van der Waals surface area contributed by atoms with Crippen LogP contribution in [0.1, 0.15) is 57.1 Å².